The lowest BCUT2D eigenvalue weighted by atomic mass is 10.1. The molecule has 0 saturated heterocycles. The SMILES string of the molecule is CCCCCCCCC[NH+](CF)c1c(F)c(F)c(F)c(F)c1F. The van der Waals surface area contributed by atoms with Crippen LogP contribution < -0.4 is 4.90 Å². The van der Waals surface area contributed by atoms with Gasteiger partial charge in [-0.3, -0.25) is 4.90 Å². The Morgan fingerprint density at radius 1 is 0.652 bits per heavy atom. The van der Waals surface area contributed by atoms with Crippen molar-refractivity contribution in [2.45, 2.75) is 51.9 Å². The Morgan fingerprint density at radius 2 is 1.09 bits per heavy atom. The molecular formula is C16H22F6N+. The third-order valence-corrected chi connectivity index (χ3v) is 3.81. The van der Waals surface area contributed by atoms with Crippen LogP contribution in [0.2, 0.25) is 0 Å². The van der Waals surface area contributed by atoms with E-state index in [1.165, 1.54) is 0 Å². The van der Waals surface area contributed by atoms with Crippen molar-refractivity contribution in [1.29, 1.82) is 0 Å². The summed E-state index contributed by atoms with van der Waals surface area (Å²) in [6, 6.07) is 0. The zero-order chi connectivity index (χ0) is 17.4. The summed E-state index contributed by atoms with van der Waals surface area (Å²) >= 11 is 0. The molecule has 0 aliphatic rings. The van der Waals surface area contributed by atoms with Crippen molar-refractivity contribution in [2.24, 2.45) is 0 Å². The molecule has 1 atom stereocenters. The molecule has 1 N–H and O–H groups in total. The van der Waals surface area contributed by atoms with E-state index in [0.29, 0.717) is 6.42 Å². The molecule has 7 heteroatoms. The zero-order valence-corrected chi connectivity index (χ0v) is 13.1. The van der Waals surface area contributed by atoms with E-state index >= 15 is 0 Å². The smallest absolute Gasteiger partial charge is 0.225 e. The molecule has 0 heterocycles. The lowest BCUT2D eigenvalue weighted by Crippen LogP contribution is -3.07. The van der Waals surface area contributed by atoms with Crippen LogP contribution in [0.25, 0.3) is 0 Å². The number of quaternary nitrogens is 1. The standard InChI is InChI=1S/C16H21F6N/c1-2-3-4-5-6-7-8-9-23(10-17)16-14(21)12(19)11(18)13(20)15(16)22/h2-10H2,1H3/p+1. The molecule has 132 valence electrons. The number of hydrogen-bond donors (Lipinski definition) is 1. The summed E-state index contributed by atoms with van der Waals surface area (Å²) < 4.78 is 79.6. The lowest BCUT2D eigenvalue weighted by molar-refractivity contribution is -0.849. The minimum Gasteiger partial charge on any atom is -0.271 e. The summed E-state index contributed by atoms with van der Waals surface area (Å²) in [7, 11) is 0. The first-order chi connectivity index (χ1) is 11.0. The van der Waals surface area contributed by atoms with E-state index in [2.05, 4.69) is 6.92 Å². The van der Waals surface area contributed by atoms with E-state index in [0.717, 1.165) is 38.5 Å². The first-order valence-corrected chi connectivity index (χ1v) is 7.88. The fourth-order valence-electron chi connectivity index (χ4n) is 2.47. The average molecular weight is 342 g/mol. The highest BCUT2D eigenvalue weighted by atomic mass is 19.2. The van der Waals surface area contributed by atoms with Gasteiger partial charge >= 0.3 is 0 Å². The number of nitrogens with one attached hydrogen (secondary N) is 1. The van der Waals surface area contributed by atoms with E-state index in [1.54, 1.807) is 0 Å². The van der Waals surface area contributed by atoms with E-state index in [1.807, 2.05) is 0 Å². The van der Waals surface area contributed by atoms with Gasteiger partial charge in [0.15, 0.2) is 0 Å². The van der Waals surface area contributed by atoms with Crippen LogP contribution in [0.5, 0.6) is 0 Å². The van der Waals surface area contributed by atoms with Crippen molar-refractivity contribution < 1.29 is 31.2 Å². The van der Waals surface area contributed by atoms with Gasteiger partial charge < -0.3 is 0 Å². The van der Waals surface area contributed by atoms with E-state index < -0.39 is 41.6 Å². The third-order valence-electron chi connectivity index (χ3n) is 3.81. The Balaban J connectivity index is 2.68. The minimum absolute atomic E-state index is 0.0252. The Labute approximate surface area is 132 Å². The molecule has 0 fully saturated rings. The molecule has 1 aromatic carbocycles. The van der Waals surface area contributed by atoms with Crippen molar-refractivity contribution in [3.05, 3.63) is 29.1 Å². The van der Waals surface area contributed by atoms with E-state index in [4.69, 9.17) is 0 Å². The minimum atomic E-state index is -2.22. The fraction of sp³-hybridized carbons (Fsp3) is 0.625. The fourth-order valence-corrected chi connectivity index (χ4v) is 2.47. The van der Waals surface area contributed by atoms with Gasteiger partial charge in [0.05, 0.1) is 6.54 Å². The van der Waals surface area contributed by atoms with Gasteiger partial charge in [-0.2, -0.15) is 13.2 Å². The number of alkyl halides is 1. The number of rotatable bonds is 10. The van der Waals surface area contributed by atoms with Gasteiger partial charge in [0.25, 0.3) is 0 Å². The zero-order valence-electron chi connectivity index (χ0n) is 13.1. The molecule has 0 aliphatic carbocycles. The molecule has 1 unspecified atom stereocenters. The molecular weight excluding hydrogens is 320 g/mol. The highest BCUT2D eigenvalue weighted by Gasteiger charge is 2.32. The number of halogens is 6. The molecule has 0 saturated carbocycles. The highest BCUT2D eigenvalue weighted by molar-refractivity contribution is 5.35. The summed E-state index contributed by atoms with van der Waals surface area (Å²) in [5.74, 6) is -10.2. The lowest BCUT2D eigenvalue weighted by Gasteiger charge is -2.17. The van der Waals surface area contributed by atoms with Crippen LogP contribution in [0, 0.1) is 29.1 Å². The predicted molar refractivity (Wildman–Crippen MR) is 75.7 cm³/mol. The molecule has 1 rings (SSSR count). The molecule has 0 bridgehead atoms. The predicted octanol–water partition coefficient (Wildman–Crippen LogP) is 4.58. The molecule has 1 aromatic rings. The Kier molecular flexibility index (Phi) is 8.44. The summed E-state index contributed by atoms with van der Waals surface area (Å²) in [6.45, 7) is 0.823. The number of benzene rings is 1. The molecule has 0 spiro atoms. The second-order valence-corrected chi connectivity index (χ2v) is 5.55. The number of unbranched alkanes of at least 4 members (excludes halogenated alkanes) is 6. The normalized spacial score (nSPS) is 12.7. The first kappa shape index (κ1) is 19.8. The maximum absolute atomic E-state index is 13.6. The van der Waals surface area contributed by atoms with Gasteiger partial charge in [-0.1, -0.05) is 39.0 Å². The van der Waals surface area contributed by atoms with Crippen molar-refractivity contribution in [3.63, 3.8) is 0 Å². The van der Waals surface area contributed by atoms with Crippen molar-refractivity contribution in [2.75, 3.05) is 13.3 Å². The van der Waals surface area contributed by atoms with Crippen LogP contribution >= 0.6 is 0 Å². The van der Waals surface area contributed by atoms with Gasteiger partial charge in [0.2, 0.25) is 41.6 Å². The van der Waals surface area contributed by atoms with Crippen molar-refractivity contribution >= 4 is 5.69 Å². The first-order valence-electron chi connectivity index (χ1n) is 7.88. The van der Waals surface area contributed by atoms with E-state index in [9.17, 15) is 26.3 Å². The van der Waals surface area contributed by atoms with Crippen molar-refractivity contribution in [1.82, 2.24) is 0 Å². The van der Waals surface area contributed by atoms with Crippen LogP contribution in [-0.2, 0) is 0 Å². The topological polar surface area (TPSA) is 4.44 Å². The summed E-state index contributed by atoms with van der Waals surface area (Å²) in [5.41, 5.74) is -1.12. The van der Waals surface area contributed by atoms with Gasteiger partial charge in [-0.05, 0) is 12.8 Å². The molecule has 0 amide bonds. The second kappa shape index (κ2) is 9.80. The maximum atomic E-state index is 13.6. The largest absolute Gasteiger partial charge is 0.271 e. The van der Waals surface area contributed by atoms with Gasteiger partial charge in [-0.25, -0.2) is 13.2 Å². The number of hydrogen-bond acceptors (Lipinski definition) is 0. The molecule has 0 aliphatic heterocycles. The van der Waals surface area contributed by atoms with E-state index in [-0.39, 0.29) is 11.4 Å². The Hall–Kier alpha value is -1.24. The third kappa shape index (κ3) is 5.12. The highest BCUT2D eigenvalue weighted by Crippen LogP contribution is 2.24. The maximum Gasteiger partial charge on any atom is 0.225 e. The quantitative estimate of drug-likeness (QED) is 0.209. The summed E-state index contributed by atoms with van der Waals surface area (Å²) in [4.78, 5) is -0.383. The summed E-state index contributed by atoms with van der Waals surface area (Å²) in [5, 5.41) is 0. The second-order valence-electron chi connectivity index (χ2n) is 5.55. The molecule has 23 heavy (non-hydrogen) atoms. The van der Waals surface area contributed by atoms with Crippen molar-refractivity contribution in [3.8, 4) is 0 Å². The van der Waals surface area contributed by atoms with Crippen LogP contribution in [0.4, 0.5) is 32.0 Å². The van der Waals surface area contributed by atoms with Gasteiger partial charge in [0.1, 0.15) is 0 Å². The van der Waals surface area contributed by atoms with Crippen LogP contribution in [0.3, 0.4) is 0 Å². The van der Waals surface area contributed by atoms with Gasteiger partial charge in [0, 0.05) is 0 Å². The average Bonchev–Trinajstić information content (AvgIpc) is 2.55. The molecule has 0 radical (unpaired) electrons. The van der Waals surface area contributed by atoms with Crippen LogP contribution in [-0.4, -0.2) is 13.3 Å². The Bertz CT molecular complexity index is 477. The van der Waals surface area contributed by atoms with Gasteiger partial charge in [-0.15, -0.1) is 0 Å². The van der Waals surface area contributed by atoms with Crippen LogP contribution in [0.15, 0.2) is 0 Å². The monoisotopic (exact) mass is 342 g/mol. The molecule has 0 aromatic heterocycles. The Morgan fingerprint density at radius 3 is 1.57 bits per heavy atom. The molecule has 1 nitrogen and oxygen atoms in total. The van der Waals surface area contributed by atoms with Crippen LogP contribution in [0.1, 0.15) is 51.9 Å². The summed E-state index contributed by atoms with van der Waals surface area (Å²) in [6.07, 6.45) is 6.42.